The molecule has 1 unspecified atom stereocenters. The van der Waals surface area contributed by atoms with Gasteiger partial charge in [0.2, 0.25) is 11.8 Å². The molecule has 0 saturated heterocycles. The minimum atomic E-state index is -4.08. The van der Waals surface area contributed by atoms with Crippen LogP contribution in [0.2, 0.25) is 0 Å². The zero-order valence-corrected chi connectivity index (χ0v) is 24.7. The Morgan fingerprint density at radius 3 is 1.92 bits per heavy atom. The molecule has 8 heteroatoms. The molecule has 0 saturated carbocycles. The van der Waals surface area contributed by atoms with Crippen LogP contribution in [0.4, 0.5) is 5.69 Å². The van der Waals surface area contributed by atoms with Gasteiger partial charge in [0.25, 0.3) is 10.0 Å². The minimum Gasteiger partial charge on any atom is -0.350 e. The lowest BCUT2D eigenvalue weighted by atomic mass is 10.1. The average Bonchev–Trinajstić information content (AvgIpc) is 2.86. The standard InChI is InChI=1S/C31H39N3O4S/c1-22-12-16-27(17-13-22)34(39(37,38)28-18-14-23(2)15-19-28)21-29(35)33(20-26-11-9-8-10-24(26)3)25(4)30(36)32-31(5,6)7/h8-19,25H,20-21H2,1-7H3,(H,32,36). The van der Waals surface area contributed by atoms with Crippen LogP contribution in [0.1, 0.15) is 49.9 Å². The number of rotatable bonds is 9. The van der Waals surface area contributed by atoms with E-state index in [4.69, 9.17) is 0 Å². The molecule has 0 aliphatic rings. The monoisotopic (exact) mass is 549 g/mol. The quantitative estimate of drug-likeness (QED) is 0.401. The molecule has 1 atom stereocenters. The Morgan fingerprint density at radius 1 is 0.846 bits per heavy atom. The lowest BCUT2D eigenvalue weighted by molar-refractivity contribution is -0.140. The summed E-state index contributed by atoms with van der Waals surface area (Å²) in [6.45, 7) is 12.7. The highest BCUT2D eigenvalue weighted by Crippen LogP contribution is 2.25. The minimum absolute atomic E-state index is 0.0884. The summed E-state index contributed by atoms with van der Waals surface area (Å²) in [6.07, 6.45) is 0. The first-order chi connectivity index (χ1) is 18.2. The summed E-state index contributed by atoms with van der Waals surface area (Å²) in [7, 11) is -4.08. The van der Waals surface area contributed by atoms with Crippen molar-refractivity contribution < 1.29 is 18.0 Å². The van der Waals surface area contributed by atoms with Crippen molar-refractivity contribution in [1.29, 1.82) is 0 Å². The number of hydrogen-bond donors (Lipinski definition) is 1. The Kier molecular flexibility index (Phi) is 9.22. The van der Waals surface area contributed by atoms with Gasteiger partial charge in [0.05, 0.1) is 10.6 Å². The van der Waals surface area contributed by atoms with Crippen LogP contribution in [0.15, 0.2) is 77.7 Å². The topological polar surface area (TPSA) is 86.8 Å². The van der Waals surface area contributed by atoms with E-state index >= 15 is 0 Å². The van der Waals surface area contributed by atoms with Crippen LogP contribution >= 0.6 is 0 Å². The lowest BCUT2D eigenvalue weighted by Gasteiger charge is -2.33. The van der Waals surface area contributed by atoms with Gasteiger partial charge < -0.3 is 10.2 Å². The molecule has 0 bridgehead atoms. The van der Waals surface area contributed by atoms with E-state index in [0.29, 0.717) is 5.69 Å². The van der Waals surface area contributed by atoms with Gasteiger partial charge >= 0.3 is 0 Å². The maximum absolute atomic E-state index is 14.0. The summed E-state index contributed by atoms with van der Waals surface area (Å²) in [4.78, 5) is 28.7. The Morgan fingerprint density at radius 2 is 1.38 bits per heavy atom. The molecule has 0 aliphatic heterocycles. The number of amides is 2. The smallest absolute Gasteiger partial charge is 0.264 e. The number of nitrogens with zero attached hydrogens (tertiary/aromatic N) is 2. The summed E-state index contributed by atoms with van der Waals surface area (Å²) >= 11 is 0. The maximum Gasteiger partial charge on any atom is 0.264 e. The van der Waals surface area contributed by atoms with E-state index < -0.39 is 34.1 Å². The first-order valence-corrected chi connectivity index (χ1v) is 14.4. The molecule has 208 valence electrons. The fourth-order valence-electron chi connectivity index (χ4n) is 4.10. The van der Waals surface area contributed by atoms with E-state index in [1.807, 2.05) is 77.9 Å². The summed E-state index contributed by atoms with van der Waals surface area (Å²) in [5.41, 5.74) is 3.62. The number of anilines is 1. The van der Waals surface area contributed by atoms with E-state index in [2.05, 4.69) is 5.32 Å². The third-order valence-corrected chi connectivity index (χ3v) is 8.27. The molecule has 0 radical (unpaired) electrons. The van der Waals surface area contributed by atoms with Gasteiger partial charge in [0.1, 0.15) is 12.6 Å². The number of aryl methyl sites for hydroxylation is 3. The molecule has 3 rings (SSSR count). The van der Waals surface area contributed by atoms with Gasteiger partial charge in [-0.1, -0.05) is 59.7 Å². The molecular weight excluding hydrogens is 510 g/mol. The second-order valence-corrected chi connectivity index (χ2v) is 12.9. The van der Waals surface area contributed by atoms with E-state index in [1.54, 1.807) is 43.3 Å². The van der Waals surface area contributed by atoms with Gasteiger partial charge in [0, 0.05) is 12.1 Å². The molecule has 7 nitrogen and oxygen atoms in total. The van der Waals surface area contributed by atoms with Crippen molar-refractivity contribution in [1.82, 2.24) is 10.2 Å². The zero-order valence-electron chi connectivity index (χ0n) is 23.9. The van der Waals surface area contributed by atoms with E-state index in [9.17, 15) is 18.0 Å². The molecule has 0 heterocycles. The van der Waals surface area contributed by atoms with Gasteiger partial charge in [-0.15, -0.1) is 0 Å². The Bertz CT molecular complexity index is 1410. The first kappa shape index (κ1) is 29.9. The molecule has 0 spiro atoms. The average molecular weight is 550 g/mol. The first-order valence-electron chi connectivity index (χ1n) is 13.0. The second kappa shape index (κ2) is 12.0. The van der Waals surface area contributed by atoms with E-state index in [0.717, 1.165) is 26.6 Å². The maximum atomic E-state index is 14.0. The van der Waals surface area contributed by atoms with E-state index in [-0.39, 0.29) is 17.3 Å². The molecule has 0 aliphatic carbocycles. The Labute approximate surface area is 232 Å². The molecule has 2 amide bonds. The number of nitrogens with one attached hydrogen (secondary N) is 1. The molecule has 3 aromatic rings. The van der Waals surface area contributed by atoms with Crippen molar-refractivity contribution in [2.75, 3.05) is 10.8 Å². The van der Waals surface area contributed by atoms with Crippen LogP contribution in [-0.4, -0.2) is 43.3 Å². The van der Waals surface area contributed by atoms with Crippen LogP contribution in [0.3, 0.4) is 0 Å². The highest BCUT2D eigenvalue weighted by Gasteiger charge is 2.33. The summed E-state index contributed by atoms with van der Waals surface area (Å²) < 4.78 is 28.9. The zero-order chi connectivity index (χ0) is 29.0. The van der Waals surface area contributed by atoms with E-state index in [1.165, 1.54) is 4.90 Å². The third kappa shape index (κ3) is 7.69. The van der Waals surface area contributed by atoms with Crippen LogP contribution in [0, 0.1) is 20.8 Å². The van der Waals surface area contributed by atoms with Gasteiger partial charge in [-0.2, -0.15) is 0 Å². The molecule has 39 heavy (non-hydrogen) atoms. The van der Waals surface area contributed by atoms with Crippen molar-refractivity contribution in [3.63, 3.8) is 0 Å². The Balaban J connectivity index is 2.04. The lowest BCUT2D eigenvalue weighted by Crippen LogP contribution is -2.54. The predicted molar refractivity (Wildman–Crippen MR) is 156 cm³/mol. The highest BCUT2D eigenvalue weighted by atomic mass is 32.2. The summed E-state index contributed by atoms with van der Waals surface area (Å²) in [5, 5.41) is 2.94. The van der Waals surface area contributed by atoms with Crippen molar-refractivity contribution in [2.45, 2.75) is 71.5 Å². The van der Waals surface area contributed by atoms with Crippen molar-refractivity contribution in [3.8, 4) is 0 Å². The molecular formula is C31H39N3O4S. The van der Waals surface area contributed by atoms with Gasteiger partial charge in [-0.05, 0) is 83.9 Å². The molecule has 1 N–H and O–H groups in total. The van der Waals surface area contributed by atoms with Gasteiger partial charge in [-0.3, -0.25) is 13.9 Å². The van der Waals surface area contributed by atoms with Crippen molar-refractivity contribution in [3.05, 3.63) is 95.1 Å². The fraction of sp³-hybridized carbons (Fsp3) is 0.355. The molecule has 3 aromatic carbocycles. The second-order valence-electron chi connectivity index (χ2n) is 11.0. The fourth-order valence-corrected chi connectivity index (χ4v) is 5.52. The normalized spacial score (nSPS) is 12.5. The number of carbonyl (C=O) groups is 2. The summed E-state index contributed by atoms with van der Waals surface area (Å²) in [5.74, 6) is -0.793. The predicted octanol–water partition coefficient (Wildman–Crippen LogP) is 5.14. The molecule has 0 aromatic heterocycles. The summed E-state index contributed by atoms with van der Waals surface area (Å²) in [6, 6.07) is 20.3. The van der Waals surface area contributed by atoms with Crippen LogP contribution in [-0.2, 0) is 26.2 Å². The van der Waals surface area contributed by atoms with Gasteiger partial charge in [-0.25, -0.2) is 8.42 Å². The van der Waals surface area contributed by atoms with Gasteiger partial charge in [0.15, 0.2) is 0 Å². The van der Waals surface area contributed by atoms with Crippen molar-refractivity contribution >= 4 is 27.5 Å². The number of benzene rings is 3. The Hall–Kier alpha value is -3.65. The number of hydrogen-bond acceptors (Lipinski definition) is 4. The number of carbonyl (C=O) groups excluding carboxylic acids is 2. The highest BCUT2D eigenvalue weighted by molar-refractivity contribution is 7.92. The number of sulfonamides is 1. The SMILES string of the molecule is Cc1ccc(N(CC(=O)N(Cc2ccccc2C)C(C)C(=O)NC(C)(C)C)S(=O)(=O)c2ccc(C)cc2)cc1. The molecule has 0 fully saturated rings. The van der Waals surface area contributed by atoms with Crippen LogP contribution in [0.5, 0.6) is 0 Å². The third-order valence-electron chi connectivity index (χ3n) is 6.48. The largest absolute Gasteiger partial charge is 0.350 e. The van der Waals surface area contributed by atoms with Crippen molar-refractivity contribution in [2.24, 2.45) is 0 Å². The van der Waals surface area contributed by atoms with Crippen LogP contribution in [0.25, 0.3) is 0 Å². The van der Waals surface area contributed by atoms with Crippen LogP contribution < -0.4 is 9.62 Å².